The lowest BCUT2D eigenvalue weighted by Crippen LogP contribution is -2.41. The summed E-state index contributed by atoms with van der Waals surface area (Å²) < 4.78 is 0. The van der Waals surface area contributed by atoms with Gasteiger partial charge in [0.05, 0.1) is 6.42 Å². The third-order valence-electron chi connectivity index (χ3n) is 3.74. The largest absolute Gasteiger partial charge is 0.508 e. The molecule has 1 fully saturated rings. The second kappa shape index (κ2) is 6.57. The van der Waals surface area contributed by atoms with Gasteiger partial charge in [0.1, 0.15) is 5.75 Å². The maximum Gasteiger partial charge on any atom is 0.226 e. The van der Waals surface area contributed by atoms with Gasteiger partial charge < -0.3 is 15.7 Å². The first kappa shape index (κ1) is 13.9. The molecule has 1 aromatic rings. The van der Waals surface area contributed by atoms with Crippen LogP contribution < -0.4 is 5.73 Å². The molecule has 0 spiro atoms. The van der Waals surface area contributed by atoms with E-state index in [2.05, 4.69) is 0 Å². The van der Waals surface area contributed by atoms with Crippen LogP contribution in [0, 0.1) is 5.92 Å². The summed E-state index contributed by atoms with van der Waals surface area (Å²) in [6.45, 7) is 2.40. The smallest absolute Gasteiger partial charge is 0.226 e. The van der Waals surface area contributed by atoms with Crippen molar-refractivity contribution in [2.45, 2.75) is 25.7 Å². The highest BCUT2D eigenvalue weighted by Gasteiger charge is 2.22. The van der Waals surface area contributed by atoms with Crippen LogP contribution in [0.25, 0.3) is 0 Å². The highest BCUT2D eigenvalue weighted by molar-refractivity contribution is 5.78. The number of likely N-dealkylation sites (tertiary alicyclic amines) is 1. The number of nitrogens with two attached hydrogens (primary N) is 1. The molecule has 1 amide bonds. The van der Waals surface area contributed by atoms with Gasteiger partial charge in [0.25, 0.3) is 0 Å². The highest BCUT2D eigenvalue weighted by Crippen LogP contribution is 2.20. The van der Waals surface area contributed by atoms with E-state index in [9.17, 15) is 9.90 Å². The van der Waals surface area contributed by atoms with Crippen LogP contribution in [-0.4, -0.2) is 35.5 Å². The van der Waals surface area contributed by atoms with Gasteiger partial charge in [-0.1, -0.05) is 12.1 Å². The Labute approximate surface area is 114 Å². The van der Waals surface area contributed by atoms with Gasteiger partial charge in [-0.2, -0.15) is 0 Å². The van der Waals surface area contributed by atoms with Crippen LogP contribution in [0.15, 0.2) is 24.3 Å². The number of hydrogen-bond acceptors (Lipinski definition) is 3. The molecule has 1 aromatic carbocycles. The number of nitrogens with zero attached hydrogens (tertiary/aromatic N) is 1. The lowest BCUT2D eigenvalue weighted by Gasteiger charge is -2.32. The molecular formula is C15H22N2O2. The van der Waals surface area contributed by atoms with Crippen molar-refractivity contribution < 1.29 is 9.90 Å². The molecule has 0 aliphatic carbocycles. The van der Waals surface area contributed by atoms with Crippen molar-refractivity contribution in [3.63, 3.8) is 0 Å². The Morgan fingerprint density at radius 1 is 1.37 bits per heavy atom. The van der Waals surface area contributed by atoms with Gasteiger partial charge in [-0.15, -0.1) is 0 Å². The topological polar surface area (TPSA) is 66.6 Å². The minimum Gasteiger partial charge on any atom is -0.508 e. The molecule has 1 aliphatic heterocycles. The summed E-state index contributed by atoms with van der Waals surface area (Å²) >= 11 is 0. The number of carbonyl (C=O) groups is 1. The molecular weight excluding hydrogens is 240 g/mol. The van der Waals surface area contributed by atoms with Crippen molar-refractivity contribution in [3.05, 3.63) is 29.8 Å². The van der Waals surface area contributed by atoms with Crippen molar-refractivity contribution in [1.82, 2.24) is 4.90 Å². The van der Waals surface area contributed by atoms with Gasteiger partial charge in [-0.25, -0.2) is 0 Å². The molecule has 4 nitrogen and oxygen atoms in total. The van der Waals surface area contributed by atoms with Crippen molar-refractivity contribution >= 4 is 5.91 Å². The first-order chi connectivity index (χ1) is 9.19. The van der Waals surface area contributed by atoms with Crippen molar-refractivity contribution in [2.24, 2.45) is 11.7 Å². The second-order valence-electron chi connectivity index (χ2n) is 5.27. The summed E-state index contributed by atoms with van der Waals surface area (Å²) in [5, 5.41) is 9.23. The Kier molecular flexibility index (Phi) is 4.80. The molecule has 0 radical (unpaired) electrons. The van der Waals surface area contributed by atoms with Crippen LogP contribution in [0.5, 0.6) is 5.75 Å². The summed E-state index contributed by atoms with van der Waals surface area (Å²) in [6.07, 6.45) is 3.67. The lowest BCUT2D eigenvalue weighted by molar-refractivity contribution is -0.132. The predicted octanol–water partition coefficient (Wildman–Crippen LogP) is 1.52. The number of amides is 1. The molecule has 1 saturated heterocycles. The average Bonchev–Trinajstić information content (AvgIpc) is 2.42. The van der Waals surface area contributed by atoms with Crippen LogP contribution in [0.1, 0.15) is 24.8 Å². The van der Waals surface area contributed by atoms with E-state index in [1.54, 1.807) is 24.3 Å². The molecule has 0 aromatic heterocycles. The average molecular weight is 262 g/mol. The number of phenols is 1. The first-order valence-corrected chi connectivity index (χ1v) is 6.95. The van der Waals surface area contributed by atoms with E-state index in [0.29, 0.717) is 18.9 Å². The summed E-state index contributed by atoms with van der Waals surface area (Å²) in [6, 6.07) is 6.84. The Hall–Kier alpha value is -1.55. The summed E-state index contributed by atoms with van der Waals surface area (Å²) in [5.74, 6) is 0.965. The number of aromatic hydroxyl groups is 1. The maximum absolute atomic E-state index is 12.2. The van der Waals surface area contributed by atoms with Crippen molar-refractivity contribution in [1.29, 1.82) is 0 Å². The van der Waals surface area contributed by atoms with Crippen LogP contribution in [0.2, 0.25) is 0 Å². The quantitative estimate of drug-likeness (QED) is 0.864. The van der Waals surface area contributed by atoms with Crippen LogP contribution in [0.3, 0.4) is 0 Å². The molecule has 3 N–H and O–H groups in total. The third-order valence-corrected chi connectivity index (χ3v) is 3.74. The van der Waals surface area contributed by atoms with E-state index in [4.69, 9.17) is 5.73 Å². The van der Waals surface area contributed by atoms with E-state index in [1.807, 2.05) is 4.90 Å². The molecule has 0 saturated carbocycles. The number of hydrogen-bond donors (Lipinski definition) is 2. The zero-order valence-electron chi connectivity index (χ0n) is 11.2. The van der Waals surface area contributed by atoms with Crippen LogP contribution in [0.4, 0.5) is 0 Å². The lowest BCUT2D eigenvalue weighted by atomic mass is 9.94. The molecule has 2 rings (SSSR count). The Balaban J connectivity index is 1.90. The molecule has 19 heavy (non-hydrogen) atoms. The number of benzene rings is 1. The fourth-order valence-electron chi connectivity index (χ4n) is 2.66. The van der Waals surface area contributed by atoms with Crippen LogP contribution >= 0.6 is 0 Å². The Morgan fingerprint density at radius 2 is 2.11 bits per heavy atom. The minimum absolute atomic E-state index is 0.174. The molecule has 1 heterocycles. The zero-order valence-corrected chi connectivity index (χ0v) is 11.2. The minimum atomic E-state index is 0.174. The number of phenolic OH excluding ortho intramolecular Hbond substituents is 1. The number of carbonyl (C=O) groups excluding carboxylic acids is 1. The summed E-state index contributed by atoms with van der Waals surface area (Å²) in [5.41, 5.74) is 6.54. The van der Waals surface area contributed by atoms with Gasteiger partial charge >= 0.3 is 0 Å². The standard InChI is InChI=1S/C15H22N2O2/c16-8-7-13-2-1-9-17(11-13)15(19)10-12-3-5-14(18)6-4-12/h3-6,13,18H,1-2,7-11,16H2. The van der Waals surface area contributed by atoms with Crippen molar-refractivity contribution in [3.8, 4) is 5.75 Å². The van der Waals surface area contributed by atoms with Gasteiger partial charge in [0.15, 0.2) is 0 Å². The van der Waals surface area contributed by atoms with Gasteiger partial charge in [0.2, 0.25) is 5.91 Å². The second-order valence-corrected chi connectivity index (χ2v) is 5.27. The summed E-state index contributed by atoms with van der Waals surface area (Å²) in [4.78, 5) is 14.2. The van der Waals surface area contributed by atoms with E-state index >= 15 is 0 Å². The monoisotopic (exact) mass is 262 g/mol. The molecule has 1 atom stereocenters. The van der Waals surface area contributed by atoms with E-state index < -0.39 is 0 Å². The highest BCUT2D eigenvalue weighted by atomic mass is 16.3. The zero-order chi connectivity index (χ0) is 13.7. The fourth-order valence-corrected chi connectivity index (χ4v) is 2.66. The SMILES string of the molecule is NCCC1CCCN(C(=O)Cc2ccc(O)cc2)C1. The fraction of sp³-hybridized carbons (Fsp3) is 0.533. The molecule has 104 valence electrons. The Bertz CT molecular complexity index is 415. The van der Waals surface area contributed by atoms with Crippen molar-refractivity contribution in [2.75, 3.05) is 19.6 Å². The number of piperidine rings is 1. The molecule has 4 heteroatoms. The van der Waals surface area contributed by atoms with Gasteiger partial charge in [-0.3, -0.25) is 4.79 Å². The predicted molar refractivity (Wildman–Crippen MR) is 74.8 cm³/mol. The van der Waals surface area contributed by atoms with E-state index in [0.717, 1.165) is 31.5 Å². The van der Waals surface area contributed by atoms with E-state index in [-0.39, 0.29) is 11.7 Å². The molecule has 1 aliphatic rings. The maximum atomic E-state index is 12.2. The van der Waals surface area contributed by atoms with Gasteiger partial charge in [-0.05, 0) is 49.4 Å². The van der Waals surface area contributed by atoms with Gasteiger partial charge in [0, 0.05) is 13.1 Å². The molecule has 1 unspecified atom stereocenters. The summed E-state index contributed by atoms with van der Waals surface area (Å²) in [7, 11) is 0. The first-order valence-electron chi connectivity index (χ1n) is 6.95. The molecule has 0 bridgehead atoms. The van der Waals surface area contributed by atoms with Crippen LogP contribution in [-0.2, 0) is 11.2 Å². The third kappa shape index (κ3) is 3.96. The Morgan fingerprint density at radius 3 is 2.79 bits per heavy atom. The van der Waals surface area contributed by atoms with E-state index in [1.165, 1.54) is 6.42 Å². The normalized spacial score (nSPS) is 19.4. The number of rotatable bonds is 4.